The number of benzene rings is 2. The van der Waals surface area contributed by atoms with Crippen molar-refractivity contribution >= 4 is 28.9 Å². The van der Waals surface area contributed by atoms with Gasteiger partial charge in [0.2, 0.25) is 5.91 Å². The Labute approximate surface area is 179 Å². The molecule has 0 radical (unpaired) electrons. The van der Waals surface area contributed by atoms with Gasteiger partial charge in [0.05, 0.1) is 24.0 Å². The van der Waals surface area contributed by atoms with E-state index in [0.717, 1.165) is 30.9 Å². The Morgan fingerprint density at radius 3 is 3.03 bits per heavy atom. The Morgan fingerprint density at radius 2 is 2.23 bits per heavy atom. The summed E-state index contributed by atoms with van der Waals surface area (Å²) in [5.74, 6) is 0.517. The minimum absolute atomic E-state index is 0.0818. The zero-order chi connectivity index (χ0) is 20.8. The molecule has 1 aliphatic rings. The van der Waals surface area contributed by atoms with Gasteiger partial charge in [0.1, 0.15) is 25.0 Å². The normalized spacial score (nSPS) is 15.7. The van der Waals surface area contributed by atoms with Gasteiger partial charge in [-0.25, -0.2) is 9.67 Å². The molecule has 4 rings (SSSR count). The number of hydrogen-bond acceptors (Lipinski definition) is 6. The number of anilines is 2. The molecule has 0 aliphatic carbocycles. The van der Waals surface area contributed by atoms with Crippen LogP contribution < -0.4 is 15.4 Å². The third-order valence-corrected chi connectivity index (χ3v) is 4.88. The molecular weight excluding hydrogens is 406 g/mol. The van der Waals surface area contributed by atoms with Crippen LogP contribution in [-0.2, 0) is 9.53 Å². The van der Waals surface area contributed by atoms with Crippen LogP contribution in [0, 0.1) is 0 Å². The van der Waals surface area contributed by atoms with Crippen molar-refractivity contribution in [2.24, 2.45) is 0 Å². The topological polar surface area (TPSA) is 90.3 Å². The third kappa shape index (κ3) is 5.28. The van der Waals surface area contributed by atoms with Crippen LogP contribution in [0.5, 0.6) is 5.75 Å². The first kappa shape index (κ1) is 20.2. The molecule has 1 aromatic heterocycles. The molecule has 1 atom stereocenters. The summed E-state index contributed by atoms with van der Waals surface area (Å²) in [6, 6.07) is 12.7. The van der Waals surface area contributed by atoms with Gasteiger partial charge in [-0.2, -0.15) is 5.10 Å². The minimum Gasteiger partial charge on any atom is -0.491 e. The molecule has 9 heteroatoms. The molecule has 1 amide bonds. The van der Waals surface area contributed by atoms with Gasteiger partial charge in [-0.3, -0.25) is 4.79 Å². The lowest BCUT2D eigenvalue weighted by molar-refractivity contribution is -0.114. The molecule has 1 unspecified atom stereocenters. The lowest BCUT2D eigenvalue weighted by Crippen LogP contribution is -2.22. The maximum absolute atomic E-state index is 12.5. The molecule has 8 nitrogen and oxygen atoms in total. The minimum atomic E-state index is -0.218. The summed E-state index contributed by atoms with van der Waals surface area (Å²) in [5.41, 5.74) is 2.01. The molecule has 1 fully saturated rings. The van der Waals surface area contributed by atoms with E-state index in [0.29, 0.717) is 23.0 Å². The lowest BCUT2D eigenvalue weighted by Gasteiger charge is -2.14. The van der Waals surface area contributed by atoms with Crippen LogP contribution in [-0.4, -0.2) is 46.5 Å². The fourth-order valence-electron chi connectivity index (χ4n) is 3.18. The van der Waals surface area contributed by atoms with Crippen LogP contribution in [0.1, 0.15) is 12.8 Å². The summed E-state index contributed by atoms with van der Waals surface area (Å²) >= 11 is 6.09. The summed E-state index contributed by atoms with van der Waals surface area (Å²) in [6.07, 6.45) is 5.24. The van der Waals surface area contributed by atoms with Crippen molar-refractivity contribution in [3.63, 3.8) is 0 Å². The number of rotatable bonds is 8. The van der Waals surface area contributed by atoms with Gasteiger partial charge in [0.25, 0.3) is 0 Å². The fraction of sp³-hybridized carbons (Fsp3) is 0.286. The van der Waals surface area contributed by atoms with Crippen molar-refractivity contribution in [2.75, 3.05) is 30.4 Å². The zero-order valence-corrected chi connectivity index (χ0v) is 17.0. The monoisotopic (exact) mass is 427 g/mol. The van der Waals surface area contributed by atoms with E-state index in [1.807, 2.05) is 24.3 Å². The fourth-order valence-corrected chi connectivity index (χ4v) is 3.35. The Morgan fingerprint density at radius 1 is 1.30 bits per heavy atom. The Bertz CT molecular complexity index is 990. The zero-order valence-electron chi connectivity index (χ0n) is 16.3. The van der Waals surface area contributed by atoms with Gasteiger partial charge in [-0.1, -0.05) is 17.7 Å². The van der Waals surface area contributed by atoms with Crippen molar-refractivity contribution in [1.29, 1.82) is 0 Å². The molecule has 1 aliphatic heterocycles. The second-order valence-electron chi connectivity index (χ2n) is 6.88. The van der Waals surface area contributed by atoms with E-state index in [2.05, 4.69) is 20.7 Å². The van der Waals surface area contributed by atoms with Gasteiger partial charge in [0.15, 0.2) is 0 Å². The van der Waals surface area contributed by atoms with E-state index in [-0.39, 0.29) is 18.6 Å². The number of aromatic nitrogens is 3. The summed E-state index contributed by atoms with van der Waals surface area (Å²) in [4.78, 5) is 16.4. The molecule has 3 aromatic rings. The standard InChI is InChI=1S/C21H22ClN5O3/c22-15-6-7-20(27-14-23-13-25-27)19(9-15)26-21(28)11-24-16-3-1-4-17(10-16)30-12-18-5-2-8-29-18/h1,3-4,6-7,9-10,13-14,18,24H,2,5,8,11-12H2,(H,26,28). The molecular formula is C21H22ClN5O3. The summed E-state index contributed by atoms with van der Waals surface area (Å²) < 4.78 is 12.9. The van der Waals surface area contributed by atoms with Crippen molar-refractivity contribution < 1.29 is 14.3 Å². The van der Waals surface area contributed by atoms with Crippen LogP contribution in [0.2, 0.25) is 5.02 Å². The average Bonchev–Trinajstić information content (AvgIpc) is 3.45. The van der Waals surface area contributed by atoms with Crippen molar-refractivity contribution in [3.05, 3.63) is 60.1 Å². The quantitative estimate of drug-likeness (QED) is 0.571. The molecule has 0 bridgehead atoms. The number of amides is 1. The molecule has 2 heterocycles. The highest BCUT2D eigenvalue weighted by atomic mass is 35.5. The van der Waals surface area contributed by atoms with Crippen LogP contribution in [0.15, 0.2) is 55.1 Å². The molecule has 2 N–H and O–H groups in total. The van der Waals surface area contributed by atoms with Crippen molar-refractivity contribution in [3.8, 4) is 11.4 Å². The summed E-state index contributed by atoms with van der Waals surface area (Å²) in [5, 5.41) is 10.6. The van der Waals surface area contributed by atoms with E-state index >= 15 is 0 Å². The molecule has 30 heavy (non-hydrogen) atoms. The highest BCUT2D eigenvalue weighted by Crippen LogP contribution is 2.24. The molecule has 156 valence electrons. The molecule has 1 saturated heterocycles. The highest BCUT2D eigenvalue weighted by Gasteiger charge is 2.16. The van der Waals surface area contributed by atoms with Gasteiger partial charge in [0, 0.05) is 23.4 Å². The van der Waals surface area contributed by atoms with E-state index in [4.69, 9.17) is 21.1 Å². The molecule has 0 spiro atoms. The van der Waals surface area contributed by atoms with Gasteiger partial charge < -0.3 is 20.1 Å². The van der Waals surface area contributed by atoms with E-state index in [9.17, 15) is 4.79 Å². The smallest absolute Gasteiger partial charge is 0.243 e. The van der Waals surface area contributed by atoms with Crippen LogP contribution >= 0.6 is 11.6 Å². The Hall–Kier alpha value is -3.10. The number of ether oxygens (including phenoxy) is 2. The highest BCUT2D eigenvalue weighted by molar-refractivity contribution is 6.31. The SMILES string of the molecule is O=C(CNc1cccc(OCC2CCCO2)c1)Nc1cc(Cl)ccc1-n1cncn1. The maximum Gasteiger partial charge on any atom is 0.243 e. The average molecular weight is 428 g/mol. The van der Waals surface area contributed by atoms with Crippen LogP contribution in [0.25, 0.3) is 5.69 Å². The van der Waals surface area contributed by atoms with Gasteiger partial charge in [-0.15, -0.1) is 0 Å². The first-order valence-corrected chi connectivity index (χ1v) is 10.1. The van der Waals surface area contributed by atoms with Gasteiger partial charge >= 0.3 is 0 Å². The van der Waals surface area contributed by atoms with Crippen LogP contribution in [0.4, 0.5) is 11.4 Å². The number of nitrogens with one attached hydrogen (secondary N) is 2. The second kappa shape index (κ2) is 9.60. The first-order valence-electron chi connectivity index (χ1n) is 9.70. The Balaban J connectivity index is 1.34. The van der Waals surface area contributed by atoms with Crippen LogP contribution in [0.3, 0.4) is 0 Å². The first-order chi connectivity index (χ1) is 14.7. The van der Waals surface area contributed by atoms with Crippen molar-refractivity contribution in [2.45, 2.75) is 18.9 Å². The summed E-state index contributed by atoms with van der Waals surface area (Å²) in [6.45, 7) is 1.41. The third-order valence-electron chi connectivity index (χ3n) is 4.65. The molecule has 2 aromatic carbocycles. The second-order valence-corrected chi connectivity index (χ2v) is 7.31. The van der Waals surface area contributed by atoms with Gasteiger partial charge in [-0.05, 0) is 43.2 Å². The predicted octanol–water partition coefficient (Wildman–Crippen LogP) is 3.53. The number of nitrogens with zero attached hydrogens (tertiary/aromatic N) is 3. The Kier molecular flexibility index (Phi) is 6.46. The number of carbonyl (C=O) groups is 1. The van der Waals surface area contributed by atoms with Crippen molar-refractivity contribution in [1.82, 2.24) is 14.8 Å². The summed E-state index contributed by atoms with van der Waals surface area (Å²) in [7, 11) is 0. The lowest BCUT2D eigenvalue weighted by atomic mass is 10.2. The number of carbonyl (C=O) groups excluding carboxylic acids is 1. The number of hydrogen-bond donors (Lipinski definition) is 2. The number of halogens is 1. The van der Waals surface area contributed by atoms with E-state index in [1.165, 1.54) is 6.33 Å². The maximum atomic E-state index is 12.5. The predicted molar refractivity (Wildman–Crippen MR) is 114 cm³/mol. The van der Waals surface area contributed by atoms with E-state index < -0.39 is 0 Å². The van der Waals surface area contributed by atoms with E-state index in [1.54, 1.807) is 29.2 Å². The molecule has 0 saturated carbocycles. The largest absolute Gasteiger partial charge is 0.491 e.